The Morgan fingerprint density at radius 1 is 0.765 bits per heavy atom. The predicted molar refractivity (Wildman–Crippen MR) is 140 cm³/mol. The Morgan fingerprint density at radius 2 is 1.12 bits per heavy atom. The van der Waals surface area contributed by atoms with Crippen LogP contribution < -0.4 is 5.73 Å². The second kappa shape index (κ2) is 19.7. The number of methoxy groups -OCH3 is 2. The fourth-order valence-corrected chi connectivity index (χ4v) is 2.73. The van der Waals surface area contributed by atoms with Gasteiger partial charge >= 0.3 is 11.9 Å². The van der Waals surface area contributed by atoms with E-state index in [2.05, 4.69) is 23.3 Å². The van der Waals surface area contributed by atoms with Gasteiger partial charge in [0.2, 0.25) is 0 Å². The van der Waals surface area contributed by atoms with Crippen molar-refractivity contribution in [3.05, 3.63) is 70.8 Å². The summed E-state index contributed by atoms with van der Waals surface area (Å²) in [6.45, 7) is 8.15. The lowest BCUT2D eigenvalue weighted by molar-refractivity contribution is -0.115. The maximum Gasteiger partial charge on any atom is 0.337 e. The number of rotatable bonds is 8. The number of carbonyl (C=O) groups is 3. The van der Waals surface area contributed by atoms with Crippen molar-refractivity contribution in [3.63, 3.8) is 0 Å². The van der Waals surface area contributed by atoms with Crippen molar-refractivity contribution >= 4 is 30.1 Å². The van der Waals surface area contributed by atoms with Crippen LogP contribution in [0.25, 0.3) is 0 Å². The third-order valence-corrected chi connectivity index (χ3v) is 4.43. The van der Waals surface area contributed by atoms with Gasteiger partial charge in [-0.15, -0.1) is 12.4 Å². The van der Waals surface area contributed by atoms with E-state index in [1.807, 2.05) is 36.4 Å². The molecular formula is C27H40ClNO5. The molecule has 7 heteroatoms. The van der Waals surface area contributed by atoms with Gasteiger partial charge in [0, 0.05) is 0 Å². The summed E-state index contributed by atoms with van der Waals surface area (Å²) in [7, 11) is 2.77. The number of nitrogens with two attached hydrogens (primary N) is 1. The Morgan fingerprint density at radius 3 is 1.41 bits per heavy atom. The molecular weight excluding hydrogens is 454 g/mol. The van der Waals surface area contributed by atoms with Crippen LogP contribution in [0.1, 0.15) is 72.4 Å². The van der Waals surface area contributed by atoms with Crippen molar-refractivity contribution in [3.8, 4) is 0 Å². The van der Waals surface area contributed by atoms with Gasteiger partial charge in [0.25, 0.3) is 0 Å². The zero-order valence-corrected chi connectivity index (χ0v) is 22.1. The fraction of sp³-hybridized carbons (Fsp3) is 0.444. The van der Waals surface area contributed by atoms with Crippen LogP contribution in [0.2, 0.25) is 0 Å². The van der Waals surface area contributed by atoms with E-state index in [-0.39, 0.29) is 30.1 Å². The highest BCUT2D eigenvalue weighted by Crippen LogP contribution is 2.11. The molecule has 2 N–H and O–H groups in total. The first kappa shape index (κ1) is 33.5. The number of carbonyl (C=O) groups excluding carboxylic acids is 3. The van der Waals surface area contributed by atoms with Crippen molar-refractivity contribution in [2.45, 2.75) is 53.4 Å². The number of ether oxygens (including phenoxy) is 2. The number of ketones is 1. The van der Waals surface area contributed by atoms with E-state index in [4.69, 9.17) is 5.73 Å². The predicted octanol–water partition coefficient (Wildman–Crippen LogP) is 5.44. The van der Waals surface area contributed by atoms with Crippen LogP contribution in [0.5, 0.6) is 0 Å². The quantitative estimate of drug-likeness (QED) is 0.491. The molecule has 34 heavy (non-hydrogen) atoms. The zero-order chi connectivity index (χ0) is 25.2. The van der Waals surface area contributed by atoms with Gasteiger partial charge in [0.05, 0.1) is 25.3 Å². The lowest BCUT2D eigenvalue weighted by atomic mass is 10.0. The van der Waals surface area contributed by atoms with Crippen LogP contribution in [0.15, 0.2) is 48.5 Å². The molecule has 0 bridgehead atoms. The highest BCUT2D eigenvalue weighted by molar-refractivity contribution is 5.89. The summed E-state index contributed by atoms with van der Waals surface area (Å²) in [6, 6.07) is 14.9. The average Bonchev–Trinajstić information content (AvgIpc) is 2.79. The normalized spacial score (nSPS) is 9.41. The molecule has 2 aromatic rings. The maximum absolute atomic E-state index is 11.2. The SMILES string of the molecule is CC(C)=O.COC(=O)c1ccc(CCCC(C)C)cc1.COC(=O)c1ccc(CCN)cc1.Cl. The van der Waals surface area contributed by atoms with Crippen LogP contribution in [0.4, 0.5) is 0 Å². The summed E-state index contributed by atoms with van der Waals surface area (Å²) >= 11 is 0. The van der Waals surface area contributed by atoms with E-state index in [1.54, 1.807) is 12.1 Å². The number of esters is 2. The van der Waals surface area contributed by atoms with Gasteiger partial charge in [-0.25, -0.2) is 9.59 Å². The highest BCUT2D eigenvalue weighted by atomic mass is 35.5. The summed E-state index contributed by atoms with van der Waals surface area (Å²) in [5.74, 6) is 0.349. The van der Waals surface area contributed by atoms with E-state index in [1.165, 1.54) is 46.5 Å². The highest BCUT2D eigenvalue weighted by Gasteiger charge is 2.04. The van der Waals surface area contributed by atoms with E-state index in [9.17, 15) is 14.4 Å². The maximum atomic E-state index is 11.2. The summed E-state index contributed by atoms with van der Waals surface area (Å²) in [5, 5.41) is 0. The minimum Gasteiger partial charge on any atom is -0.465 e. The Hall–Kier alpha value is -2.70. The van der Waals surface area contributed by atoms with Crippen LogP contribution in [-0.2, 0) is 27.1 Å². The van der Waals surface area contributed by atoms with E-state index in [0.717, 1.165) is 24.3 Å². The van der Waals surface area contributed by atoms with Gasteiger partial charge in [-0.2, -0.15) is 0 Å². The number of halogens is 1. The molecule has 2 aromatic carbocycles. The van der Waals surface area contributed by atoms with Gasteiger partial charge in [-0.1, -0.05) is 44.5 Å². The molecule has 0 radical (unpaired) electrons. The molecule has 0 atom stereocenters. The molecule has 0 fully saturated rings. The van der Waals surface area contributed by atoms with E-state index in [0.29, 0.717) is 17.7 Å². The summed E-state index contributed by atoms with van der Waals surface area (Å²) in [4.78, 5) is 31.7. The molecule has 0 aliphatic rings. The lowest BCUT2D eigenvalue weighted by Gasteiger charge is -2.05. The monoisotopic (exact) mass is 493 g/mol. The summed E-state index contributed by atoms with van der Waals surface area (Å²) < 4.78 is 9.22. The van der Waals surface area contributed by atoms with Crippen molar-refractivity contribution in [1.82, 2.24) is 0 Å². The smallest absolute Gasteiger partial charge is 0.337 e. The number of hydrogen-bond donors (Lipinski definition) is 1. The number of Topliss-reactive ketones (excluding diaryl/α,β-unsaturated/α-hetero) is 1. The molecule has 0 amide bonds. The molecule has 0 spiro atoms. The molecule has 0 aromatic heterocycles. The van der Waals surface area contributed by atoms with Crippen molar-refractivity contribution in [2.75, 3.05) is 20.8 Å². The number of hydrogen-bond acceptors (Lipinski definition) is 6. The zero-order valence-electron chi connectivity index (χ0n) is 21.3. The Kier molecular flexibility index (Phi) is 19.4. The molecule has 0 saturated carbocycles. The Bertz CT molecular complexity index is 829. The van der Waals surface area contributed by atoms with Crippen molar-refractivity contribution in [2.24, 2.45) is 11.7 Å². The minimum absolute atomic E-state index is 0. The number of benzene rings is 2. The number of aryl methyl sites for hydroxylation is 1. The standard InChI is InChI=1S/C14H20O2.C10H13NO2.C3H6O.ClH/c1-11(2)5-4-6-12-7-9-13(10-8-12)14(15)16-3;1-13-10(12)9-4-2-8(3-5-9)6-7-11;1-3(2)4;/h7-11H,4-6H2,1-3H3;2-5H,6-7,11H2,1H3;1-2H3;1H. The van der Waals surface area contributed by atoms with E-state index >= 15 is 0 Å². The van der Waals surface area contributed by atoms with Crippen LogP contribution >= 0.6 is 12.4 Å². The third-order valence-electron chi connectivity index (χ3n) is 4.43. The van der Waals surface area contributed by atoms with Crippen LogP contribution in [-0.4, -0.2) is 38.5 Å². The van der Waals surface area contributed by atoms with Crippen molar-refractivity contribution < 1.29 is 23.9 Å². The van der Waals surface area contributed by atoms with Gasteiger partial charge < -0.3 is 20.0 Å². The second-order valence-corrected chi connectivity index (χ2v) is 8.11. The molecule has 0 heterocycles. The Labute approximate surface area is 210 Å². The molecule has 190 valence electrons. The fourth-order valence-electron chi connectivity index (χ4n) is 2.73. The first-order valence-corrected chi connectivity index (χ1v) is 11.2. The third kappa shape index (κ3) is 16.0. The molecule has 0 saturated heterocycles. The van der Waals surface area contributed by atoms with Gasteiger partial charge in [0.1, 0.15) is 5.78 Å². The Balaban J connectivity index is 0. The van der Waals surface area contributed by atoms with Crippen LogP contribution in [0, 0.1) is 5.92 Å². The van der Waals surface area contributed by atoms with Crippen LogP contribution in [0.3, 0.4) is 0 Å². The molecule has 2 rings (SSSR count). The van der Waals surface area contributed by atoms with Gasteiger partial charge in [-0.3, -0.25) is 0 Å². The first-order valence-electron chi connectivity index (χ1n) is 11.2. The lowest BCUT2D eigenvalue weighted by Crippen LogP contribution is -2.04. The second-order valence-electron chi connectivity index (χ2n) is 8.11. The molecule has 6 nitrogen and oxygen atoms in total. The van der Waals surface area contributed by atoms with Crippen molar-refractivity contribution in [1.29, 1.82) is 0 Å². The summed E-state index contributed by atoms with van der Waals surface area (Å²) in [5.41, 5.74) is 9.01. The largest absolute Gasteiger partial charge is 0.465 e. The van der Waals surface area contributed by atoms with Gasteiger partial charge in [-0.05, 0) is 81.0 Å². The minimum atomic E-state index is -0.306. The topological polar surface area (TPSA) is 95.7 Å². The molecule has 0 aliphatic carbocycles. The van der Waals surface area contributed by atoms with E-state index < -0.39 is 0 Å². The first-order chi connectivity index (χ1) is 15.6. The average molecular weight is 494 g/mol. The molecule has 0 aliphatic heterocycles. The van der Waals surface area contributed by atoms with Gasteiger partial charge in [0.15, 0.2) is 0 Å². The summed E-state index contributed by atoms with van der Waals surface area (Å²) in [6.07, 6.45) is 4.37. The molecule has 0 unspecified atom stereocenters.